The summed E-state index contributed by atoms with van der Waals surface area (Å²) in [6.07, 6.45) is 1.02. The first-order valence-corrected chi connectivity index (χ1v) is 6.37. The highest BCUT2D eigenvalue weighted by Gasteiger charge is 2.16. The van der Waals surface area contributed by atoms with Gasteiger partial charge >= 0.3 is 0 Å². The van der Waals surface area contributed by atoms with Gasteiger partial charge in [-0.15, -0.1) is 0 Å². The van der Waals surface area contributed by atoms with Gasteiger partial charge < -0.3 is 15.8 Å². The molecule has 0 saturated carbocycles. The molecule has 1 atom stereocenters. The zero-order valence-electron chi connectivity index (χ0n) is 9.41. The van der Waals surface area contributed by atoms with Gasteiger partial charge in [0.15, 0.2) is 0 Å². The van der Waals surface area contributed by atoms with Crippen LogP contribution in [0.15, 0.2) is 22.7 Å². The van der Waals surface area contributed by atoms with Gasteiger partial charge in [0, 0.05) is 34.8 Å². The first kappa shape index (κ1) is 12.4. The zero-order valence-corrected chi connectivity index (χ0v) is 11.0. The number of hydrogen-bond acceptors (Lipinski definition) is 3. The van der Waals surface area contributed by atoms with Gasteiger partial charge in [0.05, 0.1) is 6.61 Å². The molecule has 0 radical (unpaired) electrons. The van der Waals surface area contributed by atoms with Gasteiger partial charge in [0.1, 0.15) is 0 Å². The highest BCUT2D eigenvalue weighted by atomic mass is 79.9. The molecular formula is C12H15BrN2O2. The van der Waals surface area contributed by atoms with Crippen LogP contribution in [0.2, 0.25) is 0 Å². The third-order valence-corrected chi connectivity index (χ3v) is 3.56. The summed E-state index contributed by atoms with van der Waals surface area (Å²) >= 11 is 3.30. The van der Waals surface area contributed by atoms with E-state index in [1.54, 1.807) is 18.2 Å². The molecule has 0 spiro atoms. The summed E-state index contributed by atoms with van der Waals surface area (Å²) in [5.74, 6) is 0.350. The largest absolute Gasteiger partial charge is 0.398 e. The number of ether oxygens (including phenoxy) is 1. The van der Waals surface area contributed by atoms with E-state index < -0.39 is 0 Å². The number of nitrogen functional groups attached to an aromatic ring is 1. The minimum Gasteiger partial charge on any atom is -0.398 e. The molecule has 17 heavy (non-hydrogen) atoms. The van der Waals surface area contributed by atoms with E-state index in [-0.39, 0.29) is 5.91 Å². The molecule has 1 aliphatic heterocycles. The van der Waals surface area contributed by atoms with Crippen molar-refractivity contribution in [2.24, 2.45) is 5.92 Å². The average Bonchev–Trinajstić information content (AvgIpc) is 2.82. The van der Waals surface area contributed by atoms with Crippen molar-refractivity contribution in [3.8, 4) is 0 Å². The van der Waals surface area contributed by atoms with Crippen LogP contribution in [0.3, 0.4) is 0 Å². The highest BCUT2D eigenvalue weighted by Crippen LogP contribution is 2.20. The number of halogens is 1. The maximum atomic E-state index is 11.8. The fourth-order valence-electron chi connectivity index (χ4n) is 1.77. The molecule has 0 aliphatic carbocycles. The normalized spacial score (nSPS) is 19.2. The van der Waals surface area contributed by atoms with E-state index in [1.807, 2.05) is 0 Å². The Morgan fingerprint density at radius 1 is 1.59 bits per heavy atom. The van der Waals surface area contributed by atoms with Crippen molar-refractivity contribution < 1.29 is 9.53 Å². The lowest BCUT2D eigenvalue weighted by Gasteiger charge is -2.10. The van der Waals surface area contributed by atoms with Crippen molar-refractivity contribution in [1.82, 2.24) is 5.32 Å². The summed E-state index contributed by atoms with van der Waals surface area (Å²) in [6, 6.07) is 5.20. The molecule has 1 saturated heterocycles. The lowest BCUT2D eigenvalue weighted by molar-refractivity contribution is 0.0945. The minimum atomic E-state index is -0.0869. The molecule has 1 aliphatic rings. The number of anilines is 1. The number of carbonyl (C=O) groups is 1. The summed E-state index contributed by atoms with van der Waals surface area (Å²) < 4.78 is 6.06. The molecule has 4 nitrogen and oxygen atoms in total. The number of amides is 1. The molecule has 1 aromatic carbocycles. The van der Waals surface area contributed by atoms with Crippen LogP contribution in [0.5, 0.6) is 0 Å². The van der Waals surface area contributed by atoms with Crippen LogP contribution in [0, 0.1) is 5.92 Å². The van der Waals surface area contributed by atoms with Gasteiger partial charge in [-0.3, -0.25) is 4.79 Å². The summed E-state index contributed by atoms with van der Waals surface area (Å²) in [4.78, 5) is 11.8. The topological polar surface area (TPSA) is 64.4 Å². The van der Waals surface area contributed by atoms with E-state index in [4.69, 9.17) is 10.5 Å². The molecule has 5 heteroatoms. The van der Waals surface area contributed by atoms with Crippen LogP contribution in [-0.2, 0) is 4.74 Å². The number of hydrogen-bond donors (Lipinski definition) is 2. The Bertz CT molecular complexity index is 417. The molecule has 1 amide bonds. The quantitative estimate of drug-likeness (QED) is 0.837. The Labute approximate surface area is 109 Å². The van der Waals surface area contributed by atoms with Gasteiger partial charge in [-0.25, -0.2) is 0 Å². The Balaban J connectivity index is 1.92. The van der Waals surface area contributed by atoms with Gasteiger partial charge in [0.25, 0.3) is 5.91 Å². The van der Waals surface area contributed by atoms with Crippen LogP contribution in [0.1, 0.15) is 16.8 Å². The molecule has 1 heterocycles. The number of nitrogens with two attached hydrogens (primary N) is 1. The van der Waals surface area contributed by atoms with Crippen molar-refractivity contribution in [2.75, 3.05) is 25.5 Å². The van der Waals surface area contributed by atoms with Crippen LogP contribution in [0.25, 0.3) is 0 Å². The summed E-state index contributed by atoms with van der Waals surface area (Å²) in [6.45, 7) is 2.20. The van der Waals surface area contributed by atoms with E-state index in [2.05, 4.69) is 21.2 Å². The predicted molar refractivity (Wildman–Crippen MR) is 69.8 cm³/mol. The monoisotopic (exact) mass is 298 g/mol. The van der Waals surface area contributed by atoms with E-state index in [0.29, 0.717) is 23.7 Å². The van der Waals surface area contributed by atoms with Gasteiger partial charge in [-0.05, 0) is 40.5 Å². The molecule has 92 valence electrons. The van der Waals surface area contributed by atoms with Gasteiger partial charge in [0.2, 0.25) is 0 Å². The fraction of sp³-hybridized carbons (Fsp3) is 0.417. The molecular weight excluding hydrogens is 284 g/mol. The Kier molecular flexibility index (Phi) is 4.02. The Morgan fingerprint density at radius 3 is 3.06 bits per heavy atom. The summed E-state index contributed by atoms with van der Waals surface area (Å²) in [5, 5.41) is 2.90. The molecule has 1 aromatic rings. The maximum Gasteiger partial charge on any atom is 0.251 e. The number of nitrogens with one attached hydrogen (secondary N) is 1. The van der Waals surface area contributed by atoms with Crippen molar-refractivity contribution in [1.29, 1.82) is 0 Å². The van der Waals surface area contributed by atoms with Crippen LogP contribution >= 0.6 is 15.9 Å². The number of rotatable bonds is 3. The van der Waals surface area contributed by atoms with E-state index in [1.165, 1.54) is 0 Å². The molecule has 3 N–H and O–H groups in total. The second-order valence-electron chi connectivity index (χ2n) is 4.18. The van der Waals surface area contributed by atoms with Crippen molar-refractivity contribution in [2.45, 2.75) is 6.42 Å². The molecule has 1 fully saturated rings. The minimum absolute atomic E-state index is 0.0869. The summed E-state index contributed by atoms with van der Waals surface area (Å²) in [7, 11) is 0. The zero-order chi connectivity index (χ0) is 12.3. The van der Waals surface area contributed by atoms with E-state index in [9.17, 15) is 4.79 Å². The molecule has 1 unspecified atom stereocenters. The van der Waals surface area contributed by atoms with E-state index in [0.717, 1.165) is 24.1 Å². The van der Waals surface area contributed by atoms with Crippen LogP contribution in [0.4, 0.5) is 5.69 Å². The predicted octanol–water partition coefficient (Wildman–Crippen LogP) is 1.80. The van der Waals surface area contributed by atoms with Crippen LogP contribution in [-0.4, -0.2) is 25.7 Å². The number of benzene rings is 1. The first-order chi connectivity index (χ1) is 8.16. The second-order valence-corrected chi connectivity index (χ2v) is 5.03. The third kappa shape index (κ3) is 3.20. The lowest BCUT2D eigenvalue weighted by atomic mass is 10.1. The van der Waals surface area contributed by atoms with Crippen LogP contribution < -0.4 is 11.1 Å². The van der Waals surface area contributed by atoms with E-state index >= 15 is 0 Å². The van der Waals surface area contributed by atoms with Crippen molar-refractivity contribution in [3.05, 3.63) is 28.2 Å². The highest BCUT2D eigenvalue weighted by molar-refractivity contribution is 9.10. The van der Waals surface area contributed by atoms with Gasteiger partial charge in [-0.2, -0.15) is 0 Å². The standard InChI is InChI=1S/C12H15BrN2O2/c13-10-2-1-9(5-11(10)14)12(16)15-6-8-3-4-17-7-8/h1-2,5,8H,3-4,6-7,14H2,(H,15,16). The Hall–Kier alpha value is -1.07. The lowest BCUT2D eigenvalue weighted by Crippen LogP contribution is -2.29. The molecule has 0 bridgehead atoms. The SMILES string of the molecule is Nc1cc(C(=O)NCC2CCOC2)ccc1Br. The molecule has 2 rings (SSSR count). The molecule has 0 aromatic heterocycles. The third-order valence-electron chi connectivity index (χ3n) is 2.83. The summed E-state index contributed by atoms with van der Waals surface area (Å²) in [5.41, 5.74) is 6.89. The van der Waals surface area contributed by atoms with Gasteiger partial charge in [-0.1, -0.05) is 0 Å². The fourth-order valence-corrected chi connectivity index (χ4v) is 2.02. The Morgan fingerprint density at radius 2 is 2.41 bits per heavy atom. The van der Waals surface area contributed by atoms with Crippen molar-refractivity contribution in [3.63, 3.8) is 0 Å². The maximum absolute atomic E-state index is 11.8. The number of carbonyl (C=O) groups excluding carboxylic acids is 1. The second kappa shape index (κ2) is 5.51. The van der Waals surface area contributed by atoms with Crippen molar-refractivity contribution >= 4 is 27.5 Å². The smallest absolute Gasteiger partial charge is 0.251 e. The average molecular weight is 299 g/mol. The first-order valence-electron chi connectivity index (χ1n) is 5.58.